The quantitative estimate of drug-likeness (QED) is 0.733. The van der Waals surface area contributed by atoms with Gasteiger partial charge in [0.25, 0.3) is 5.91 Å². The van der Waals surface area contributed by atoms with Crippen molar-refractivity contribution >= 4 is 32.6 Å². The van der Waals surface area contributed by atoms with Crippen molar-refractivity contribution in [3.63, 3.8) is 0 Å². The van der Waals surface area contributed by atoms with Gasteiger partial charge in [0.2, 0.25) is 0 Å². The van der Waals surface area contributed by atoms with Crippen molar-refractivity contribution in [2.75, 3.05) is 44.2 Å². The molecule has 0 spiro atoms. The summed E-state index contributed by atoms with van der Waals surface area (Å²) in [5.41, 5.74) is 3.67. The molecule has 0 bridgehead atoms. The van der Waals surface area contributed by atoms with Gasteiger partial charge in [0.05, 0.1) is 16.5 Å². The Kier molecular flexibility index (Phi) is 5.13. The van der Waals surface area contributed by atoms with E-state index in [9.17, 15) is 4.79 Å². The number of furan rings is 1. The van der Waals surface area contributed by atoms with Crippen LogP contribution in [0.5, 0.6) is 0 Å². The van der Waals surface area contributed by atoms with Gasteiger partial charge in [-0.2, -0.15) is 0 Å². The number of carbonyl (C=O) groups excluding carboxylic acids is 1. The first-order chi connectivity index (χ1) is 13.1. The van der Waals surface area contributed by atoms with Crippen LogP contribution in [-0.2, 0) is 0 Å². The lowest BCUT2D eigenvalue weighted by molar-refractivity contribution is 0.0920. The summed E-state index contributed by atoms with van der Waals surface area (Å²) in [4.78, 5) is 21.5. The minimum Gasteiger partial charge on any atom is -0.459 e. The van der Waals surface area contributed by atoms with Crippen molar-refractivity contribution in [1.82, 2.24) is 15.2 Å². The zero-order valence-electron chi connectivity index (χ0n) is 15.7. The Morgan fingerprint density at radius 1 is 1.19 bits per heavy atom. The van der Waals surface area contributed by atoms with E-state index < -0.39 is 0 Å². The summed E-state index contributed by atoms with van der Waals surface area (Å²) in [6.07, 6.45) is 1.51. The number of nitrogens with one attached hydrogen (secondary N) is 1. The maximum Gasteiger partial charge on any atom is 0.287 e. The maximum atomic E-state index is 11.9. The second-order valence-electron chi connectivity index (χ2n) is 6.94. The molecule has 27 heavy (non-hydrogen) atoms. The maximum absolute atomic E-state index is 11.9. The van der Waals surface area contributed by atoms with Crippen LogP contribution >= 0.6 is 11.3 Å². The van der Waals surface area contributed by atoms with Gasteiger partial charge >= 0.3 is 0 Å². The third-order valence-corrected chi connectivity index (χ3v) is 6.28. The third kappa shape index (κ3) is 3.84. The van der Waals surface area contributed by atoms with Gasteiger partial charge in [0, 0.05) is 39.3 Å². The fraction of sp³-hybridized carbons (Fsp3) is 0.400. The number of fused-ring (bicyclic) bond motifs is 1. The Labute approximate surface area is 162 Å². The number of nitrogens with zero attached hydrogens (tertiary/aromatic N) is 3. The zero-order chi connectivity index (χ0) is 18.8. The van der Waals surface area contributed by atoms with Gasteiger partial charge in [-0.15, -0.1) is 0 Å². The molecule has 1 amide bonds. The van der Waals surface area contributed by atoms with Crippen LogP contribution in [0.25, 0.3) is 10.2 Å². The molecule has 1 aliphatic heterocycles. The molecule has 0 aliphatic carbocycles. The monoisotopic (exact) mass is 384 g/mol. The second kappa shape index (κ2) is 7.70. The van der Waals surface area contributed by atoms with E-state index in [1.165, 1.54) is 22.1 Å². The van der Waals surface area contributed by atoms with Gasteiger partial charge in [-0.1, -0.05) is 23.5 Å². The van der Waals surface area contributed by atoms with Crippen LogP contribution in [0.15, 0.2) is 34.9 Å². The summed E-state index contributed by atoms with van der Waals surface area (Å²) in [6, 6.07) is 7.72. The van der Waals surface area contributed by atoms with Gasteiger partial charge in [0.15, 0.2) is 10.9 Å². The van der Waals surface area contributed by atoms with Gasteiger partial charge in [-0.05, 0) is 37.1 Å². The number of piperazine rings is 1. The van der Waals surface area contributed by atoms with Crippen LogP contribution in [0.4, 0.5) is 5.13 Å². The summed E-state index contributed by atoms with van der Waals surface area (Å²) < 4.78 is 6.40. The smallest absolute Gasteiger partial charge is 0.287 e. The fourth-order valence-electron chi connectivity index (χ4n) is 3.37. The third-order valence-electron chi connectivity index (χ3n) is 5.03. The molecule has 6 nitrogen and oxygen atoms in total. The van der Waals surface area contributed by atoms with Gasteiger partial charge in [-0.3, -0.25) is 9.69 Å². The minimum absolute atomic E-state index is 0.154. The number of hydrogen-bond donors (Lipinski definition) is 1. The average Bonchev–Trinajstić information content (AvgIpc) is 3.36. The number of hydrogen-bond acceptors (Lipinski definition) is 6. The second-order valence-corrected chi connectivity index (χ2v) is 7.91. The Morgan fingerprint density at radius 3 is 2.67 bits per heavy atom. The number of thiazole rings is 1. The highest BCUT2D eigenvalue weighted by atomic mass is 32.1. The normalized spacial score (nSPS) is 15.4. The lowest BCUT2D eigenvalue weighted by atomic mass is 10.1. The molecule has 2 aromatic heterocycles. The largest absolute Gasteiger partial charge is 0.459 e. The van der Waals surface area contributed by atoms with Crippen LogP contribution in [0.3, 0.4) is 0 Å². The molecule has 0 atom stereocenters. The minimum atomic E-state index is -0.154. The molecule has 7 heteroatoms. The van der Waals surface area contributed by atoms with E-state index in [4.69, 9.17) is 9.40 Å². The molecule has 0 saturated carbocycles. The van der Waals surface area contributed by atoms with Crippen LogP contribution in [0.2, 0.25) is 0 Å². The molecule has 1 saturated heterocycles. The van der Waals surface area contributed by atoms with E-state index in [1.54, 1.807) is 23.5 Å². The SMILES string of the molecule is Cc1ccc(C)c2sc(N3CCN(CCNC(=O)c4ccco4)CC3)nc12. The highest BCUT2D eigenvalue weighted by molar-refractivity contribution is 7.22. The van der Waals surface area contributed by atoms with Crippen molar-refractivity contribution < 1.29 is 9.21 Å². The first-order valence-corrected chi connectivity index (χ1v) is 10.1. The van der Waals surface area contributed by atoms with Crippen LogP contribution in [0.1, 0.15) is 21.7 Å². The Bertz CT molecular complexity index is 888. The number of amides is 1. The van der Waals surface area contributed by atoms with Crippen molar-refractivity contribution in [2.24, 2.45) is 0 Å². The Balaban J connectivity index is 1.29. The summed E-state index contributed by atoms with van der Waals surface area (Å²) in [7, 11) is 0. The molecular weight excluding hydrogens is 360 g/mol. The topological polar surface area (TPSA) is 61.6 Å². The van der Waals surface area contributed by atoms with E-state index in [2.05, 4.69) is 41.1 Å². The molecular formula is C20H24N4O2S. The number of aromatic nitrogens is 1. The molecule has 0 radical (unpaired) electrons. The van der Waals surface area contributed by atoms with E-state index >= 15 is 0 Å². The van der Waals surface area contributed by atoms with Gasteiger partial charge in [-0.25, -0.2) is 4.98 Å². The predicted octanol–water partition coefficient (Wildman–Crippen LogP) is 3.06. The summed E-state index contributed by atoms with van der Waals surface area (Å²) in [5, 5.41) is 4.03. The van der Waals surface area contributed by atoms with Crippen molar-refractivity contribution in [3.8, 4) is 0 Å². The molecule has 1 aliphatic rings. The van der Waals surface area contributed by atoms with E-state index in [0.717, 1.165) is 43.4 Å². The standard InChI is InChI=1S/C20H24N4O2S/c1-14-5-6-15(2)18-17(14)22-20(27-18)24-11-9-23(10-12-24)8-7-21-19(25)16-4-3-13-26-16/h3-6,13H,7-12H2,1-2H3,(H,21,25). The number of aryl methyl sites for hydroxylation is 2. The van der Waals surface area contributed by atoms with E-state index in [1.807, 2.05) is 0 Å². The van der Waals surface area contributed by atoms with Crippen molar-refractivity contribution in [1.29, 1.82) is 0 Å². The molecule has 1 fully saturated rings. The van der Waals surface area contributed by atoms with Gasteiger partial charge in [0.1, 0.15) is 0 Å². The van der Waals surface area contributed by atoms with Crippen LogP contribution in [-0.4, -0.2) is 55.1 Å². The van der Waals surface area contributed by atoms with E-state index in [-0.39, 0.29) is 5.91 Å². The molecule has 4 rings (SSSR count). The molecule has 1 aromatic carbocycles. The molecule has 0 unspecified atom stereocenters. The molecule has 142 valence electrons. The number of carbonyl (C=O) groups is 1. The first kappa shape index (κ1) is 18.0. The lowest BCUT2D eigenvalue weighted by Gasteiger charge is -2.34. The Hall–Kier alpha value is -2.38. The predicted molar refractivity (Wildman–Crippen MR) is 109 cm³/mol. The Morgan fingerprint density at radius 2 is 1.96 bits per heavy atom. The summed E-state index contributed by atoms with van der Waals surface area (Å²) in [5.74, 6) is 0.208. The lowest BCUT2D eigenvalue weighted by Crippen LogP contribution is -2.48. The average molecular weight is 385 g/mol. The number of rotatable bonds is 5. The van der Waals surface area contributed by atoms with Crippen molar-refractivity contribution in [3.05, 3.63) is 47.4 Å². The molecule has 3 aromatic rings. The molecule has 3 heterocycles. The molecule has 1 N–H and O–H groups in total. The summed E-state index contributed by atoms with van der Waals surface area (Å²) in [6.45, 7) is 9.62. The van der Waals surface area contributed by atoms with Gasteiger partial charge < -0.3 is 14.6 Å². The van der Waals surface area contributed by atoms with Crippen LogP contribution in [0, 0.1) is 13.8 Å². The van der Waals surface area contributed by atoms with Crippen molar-refractivity contribution in [2.45, 2.75) is 13.8 Å². The highest BCUT2D eigenvalue weighted by Crippen LogP contribution is 2.33. The summed E-state index contributed by atoms with van der Waals surface area (Å²) >= 11 is 1.79. The number of anilines is 1. The highest BCUT2D eigenvalue weighted by Gasteiger charge is 2.20. The zero-order valence-corrected chi connectivity index (χ0v) is 16.5. The van der Waals surface area contributed by atoms with Crippen LogP contribution < -0.4 is 10.2 Å². The number of benzene rings is 1. The first-order valence-electron chi connectivity index (χ1n) is 9.27. The van der Waals surface area contributed by atoms with E-state index in [0.29, 0.717) is 12.3 Å². The fourth-order valence-corrected chi connectivity index (χ4v) is 4.53.